The van der Waals surface area contributed by atoms with Crippen molar-refractivity contribution >= 4 is 29.0 Å². The summed E-state index contributed by atoms with van der Waals surface area (Å²) in [7, 11) is 3.10. The number of phenols is 1. The Morgan fingerprint density at radius 1 is 1.18 bits per heavy atom. The van der Waals surface area contributed by atoms with Crippen LogP contribution in [0, 0.1) is 23.7 Å². The summed E-state index contributed by atoms with van der Waals surface area (Å²) >= 11 is 0. The normalized spacial score (nSPS) is 32.9. The summed E-state index contributed by atoms with van der Waals surface area (Å²) in [6.07, 6.45) is 0.860. The third-order valence-corrected chi connectivity index (χ3v) is 7.83. The SMILES string of the molecule is CCc1cc(CN)c(O)c2c1CC1CC3C(N(C)C)C(=O)C(C(N)=O)C(=O)C3(O)C(=O)C1C2=O. The fourth-order valence-electron chi connectivity index (χ4n) is 6.28. The molecule has 3 aliphatic rings. The summed E-state index contributed by atoms with van der Waals surface area (Å²) in [5, 5.41) is 22.3. The Labute approximate surface area is 196 Å². The first-order chi connectivity index (χ1) is 15.9. The first-order valence-electron chi connectivity index (χ1n) is 11.3. The third-order valence-electron chi connectivity index (χ3n) is 7.83. The van der Waals surface area contributed by atoms with Gasteiger partial charge in [0.2, 0.25) is 5.91 Å². The van der Waals surface area contributed by atoms with E-state index in [1.165, 1.54) is 4.90 Å². The molecule has 3 aliphatic carbocycles. The number of Topliss-reactive ketones (excluding diaryl/α,β-unsaturated/α-hetero) is 4. The highest BCUT2D eigenvalue weighted by Crippen LogP contribution is 2.51. The molecule has 0 bridgehead atoms. The van der Waals surface area contributed by atoms with Gasteiger partial charge in [0.05, 0.1) is 17.5 Å². The molecule has 34 heavy (non-hydrogen) atoms. The molecule has 182 valence electrons. The molecule has 2 fully saturated rings. The van der Waals surface area contributed by atoms with Crippen LogP contribution in [0.15, 0.2) is 6.07 Å². The van der Waals surface area contributed by atoms with Gasteiger partial charge in [0.25, 0.3) is 0 Å². The Morgan fingerprint density at radius 2 is 1.82 bits per heavy atom. The predicted octanol–water partition coefficient (Wildman–Crippen LogP) is -1.11. The van der Waals surface area contributed by atoms with E-state index in [0.29, 0.717) is 17.5 Å². The molecule has 0 heterocycles. The lowest BCUT2D eigenvalue weighted by molar-refractivity contribution is -0.181. The smallest absolute Gasteiger partial charge is 0.235 e. The van der Waals surface area contributed by atoms with Crippen molar-refractivity contribution in [2.45, 2.75) is 44.4 Å². The molecule has 10 heteroatoms. The number of likely N-dealkylation sites (N-methyl/N-ethyl adjacent to an activating group) is 1. The van der Waals surface area contributed by atoms with Crippen molar-refractivity contribution in [1.29, 1.82) is 0 Å². The van der Waals surface area contributed by atoms with Crippen LogP contribution in [-0.2, 0) is 38.6 Å². The quantitative estimate of drug-likeness (QED) is 0.396. The van der Waals surface area contributed by atoms with Gasteiger partial charge < -0.3 is 21.7 Å². The lowest BCUT2D eigenvalue weighted by atomic mass is 9.52. The van der Waals surface area contributed by atoms with Crippen LogP contribution < -0.4 is 11.5 Å². The van der Waals surface area contributed by atoms with Crippen LogP contribution >= 0.6 is 0 Å². The van der Waals surface area contributed by atoms with E-state index in [0.717, 1.165) is 5.56 Å². The van der Waals surface area contributed by atoms with Crippen molar-refractivity contribution in [3.63, 3.8) is 0 Å². The molecule has 0 saturated heterocycles. The molecule has 10 nitrogen and oxygen atoms in total. The number of aliphatic hydroxyl groups is 1. The zero-order chi connectivity index (χ0) is 25.3. The summed E-state index contributed by atoms with van der Waals surface area (Å²) in [6.45, 7) is 1.89. The fraction of sp³-hybridized carbons (Fsp3) is 0.542. The number of primary amides is 1. The molecule has 6 unspecified atom stereocenters. The number of amides is 1. The van der Waals surface area contributed by atoms with Gasteiger partial charge in [0, 0.05) is 18.0 Å². The van der Waals surface area contributed by atoms with Gasteiger partial charge in [-0.05, 0) is 50.4 Å². The van der Waals surface area contributed by atoms with E-state index in [1.807, 2.05) is 6.92 Å². The van der Waals surface area contributed by atoms with Crippen LogP contribution in [0.5, 0.6) is 5.75 Å². The molecule has 1 aromatic rings. The van der Waals surface area contributed by atoms with Crippen LogP contribution in [0.2, 0.25) is 0 Å². The van der Waals surface area contributed by atoms with Gasteiger partial charge in [0.1, 0.15) is 5.75 Å². The number of hydrogen-bond acceptors (Lipinski definition) is 9. The minimum Gasteiger partial charge on any atom is -0.507 e. The number of nitrogens with zero attached hydrogens (tertiary/aromatic N) is 1. The second-order valence-electron chi connectivity index (χ2n) is 9.74. The Hall–Kier alpha value is -2.95. The highest BCUT2D eigenvalue weighted by molar-refractivity contribution is 6.32. The van der Waals surface area contributed by atoms with Gasteiger partial charge in [-0.1, -0.05) is 13.0 Å². The number of carbonyl (C=O) groups is 5. The van der Waals surface area contributed by atoms with Crippen molar-refractivity contribution in [3.8, 4) is 5.75 Å². The molecule has 1 amide bonds. The van der Waals surface area contributed by atoms with Gasteiger partial charge in [-0.15, -0.1) is 0 Å². The average molecular weight is 472 g/mol. The summed E-state index contributed by atoms with van der Waals surface area (Å²) in [5.41, 5.74) is 10.1. The maximum absolute atomic E-state index is 13.7. The second kappa shape index (κ2) is 8.07. The van der Waals surface area contributed by atoms with Gasteiger partial charge in [-0.2, -0.15) is 0 Å². The number of nitrogens with two attached hydrogens (primary N) is 2. The first kappa shape index (κ1) is 24.2. The van der Waals surface area contributed by atoms with Crippen molar-refractivity contribution in [2.24, 2.45) is 35.1 Å². The molecule has 1 aromatic carbocycles. The maximum atomic E-state index is 13.7. The molecule has 4 rings (SSSR count). The van der Waals surface area contributed by atoms with Crippen LogP contribution in [0.4, 0.5) is 0 Å². The van der Waals surface area contributed by atoms with Gasteiger partial charge >= 0.3 is 0 Å². The summed E-state index contributed by atoms with van der Waals surface area (Å²) in [5.74, 6) is -10.4. The number of aromatic hydroxyl groups is 1. The lowest BCUT2D eigenvalue weighted by Gasteiger charge is -2.52. The van der Waals surface area contributed by atoms with E-state index in [-0.39, 0.29) is 30.7 Å². The summed E-state index contributed by atoms with van der Waals surface area (Å²) in [6, 6.07) is 0.636. The standard InChI is InChI=1S/C24H29N3O7/c1-4-9-5-11(8-25)18(28)15-12(9)6-10-7-13-17(27(2)3)20(30)16(23(26)33)22(32)24(13,34)21(31)14(10)19(15)29/h5,10,13-14,16-17,28,34H,4,6-8,25H2,1-3H3,(H2,26,33). The van der Waals surface area contributed by atoms with Gasteiger partial charge in [0.15, 0.2) is 34.7 Å². The Balaban J connectivity index is 1.90. The van der Waals surface area contributed by atoms with Crippen LogP contribution in [0.1, 0.15) is 40.4 Å². The number of ketones is 4. The van der Waals surface area contributed by atoms with E-state index < -0.39 is 64.4 Å². The average Bonchev–Trinajstić information content (AvgIpc) is 2.76. The van der Waals surface area contributed by atoms with Crippen molar-refractivity contribution in [2.75, 3.05) is 14.1 Å². The minimum atomic E-state index is -2.72. The monoisotopic (exact) mass is 471 g/mol. The number of benzene rings is 1. The number of aryl methyl sites for hydroxylation is 1. The largest absolute Gasteiger partial charge is 0.507 e. The van der Waals surface area contributed by atoms with Crippen LogP contribution in [0.3, 0.4) is 0 Å². The zero-order valence-corrected chi connectivity index (χ0v) is 19.3. The van der Waals surface area contributed by atoms with Crippen molar-refractivity contribution < 1.29 is 34.2 Å². The first-order valence-corrected chi connectivity index (χ1v) is 11.3. The molecule has 2 saturated carbocycles. The Morgan fingerprint density at radius 3 is 2.35 bits per heavy atom. The summed E-state index contributed by atoms with van der Waals surface area (Å²) < 4.78 is 0. The fourth-order valence-corrected chi connectivity index (χ4v) is 6.28. The predicted molar refractivity (Wildman–Crippen MR) is 119 cm³/mol. The van der Waals surface area contributed by atoms with Crippen LogP contribution in [-0.4, -0.2) is 69.9 Å². The zero-order valence-electron chi connectivity index (χ0n) is 19.3. The van der Waals surface area contributed by atoms with Crippen molar-refractivity contribution in [3.05, 3.63) is 28.3 Å². The van der Waals surface area contributed by atoms with Gasteiger partial charge in [-0.3, -0.25) is 28.9 Å². The van der Waals surface area contributed by atoms with E-state index in [9.17, 15) is 34.2 Å². The number of fused-ring (bicyclic) bond motifs is 3. The number of rotatable bonds is 4. The van der Waals surface area contributed by atoms with E-state index >= 15 is 0 Å². The molecule has 6 atom stereocenters. The minimum absolute atomic E-state index is 0.00797. The third kappa shape index (κ3) is 3.02. The molecule has 0 aliphatic heterocycles. The molecule has 0 spiro atoms. The van der Waals surface area contributed by atoms with Crippen LogP contribution in [0.25, 0.3) is 0 Å². The van der Waals surface area contributed by atoms with Gasteiger partial charge in [-0.25, -0.2) is 0 Å². The number of hydrogen-bond donors (Lipinski definition) is 4. The number of phenolic OH excluding ortho intramolecular Hbond substituents is 1. The summed E-state index contributed by atoms with van der Waals surface area (Å²) in [4.78, 5) is 67.1. The van der Waals surface area contributed by atoms with E-state index in [4.69, 9.17) is 11.5 Å². The second-order valence-corrected chi connectivity index (χ2v) is 9.74. The highest BCUT2D eigenvalue weighted by atomic mass is 16.3. The Bertz CT molecular complexity index is 1140. The lowest BCUT2D eigenvalue weighted by Crippen LogP contribution is -2.74. The molecule has 0 radical (unpaired) electrons. The van der Waals surface area contributed by atoms with Crippen molar-refractivity contribution in [1.82, 2.24) is 4.90 Å². The van der Waals surface area contributed by atoms with E-state index in [2.05, 4.69) is 0 Å². The number of carbonyl (C=O) groups excluding carboxylic acids is 5. The maximum Gasteiger partial charge on any atom is 0.235 e. The molecular formula is C24H29N3O7. The molecular weight excluding hydrogens is 442 g/mol. The topological polar surface area (TPSA) is 181 Å². The Kier molecular flexibility index (Phi) is 5.74. The highest BCUT2D eigenvalue weighted by Gasteiger charge is 2.69. The van der Waals surface area contributed by atoms with E-state index in [1.54, 1.807) is 20.2 Å². The molecule has 6 N–H and O–H groups in total. The molecule has 0 aromatic heterocycles.